The van der Waals surface area contributed by atoms with E-state index < -0.39 is 55.0 Å². The Labute approximate surface area is 348 Å². The molecule has 2 heterocycles. The van der Waals surface area contributed by atoms with Crippen molar-refractivity contribution in [3.63, 3.8) is 0 Å². The number of thioether (sulfide) groups is 1. The molecule has 3 aromatic carbocycles. The highest BCUT2D eigenvalue weighted by atomic mass is 35.5. The van der Waals surface area contributed by atoms with Crippen LogP contribution < -0.4 is 0 Å². The number of carbonyl (C=O) groups excluding carboxylic acids is 1. The normalized spacial score (nSPS) is 17.4. The lowest BCUT2D eigenvalue weighted by molar-refractivity contribution is -0.146. The van der Waals surface area contributed by atoms with Gasteiger partial charge in [-0.15, -0.1) is 24.9 Å². The van der Waals surface area contributed by atoms with Crippen LogP contribution in [0.4, 0.5) is 13.2 Å². The molecule has 0 spiro atoms. The van der Waals surface area contributed by atoms with E-state index in [-0.39, 0.29) is 65.5 Å². The van der Waals surface area contributed by atoms with Crippen LogP contribution in [0.15, 0.2) is 111 Å². The van der Waals surface area contributed by atoms with Gasteiger partial charge in [0.2, 0.25) is 0 Å². The average Bonchev–Trinajstić information content (AvgIpc) is 3.74. The SMILES string of the molecule is C=CCOP(=O)(OCC=C)OCc1c(Cl)cccc1C(=O)OC(Cn1cncn1)(c1ccc(F)cc1F)C(C)SC1COC(C=CC=Cc2ccc(C#N)cc2F)OC1. The van der Waals surface area contributed by atoms with Gasteiger partial charge in [0.25, 0.3) is 0 Å². The Bertz CT molecular complexity index is 2240. The van der Waals surface area contributed by atoms with Gasteiger partial charge in [0.1, 0.15) is 30.1 Å². The minimum absolute atomic E-state index is 0.0488. The Balaban J connectivity index is 1.40. The number of phosphoric ester groups is 1. The highest BCUT2D eigenvalue weighted by molar-refractivity contribution is 8.00. The molecule has 1 aromatic heterocycles. The number of carbonyl (C=O) groups is 1. The van der Waals surface area contributed by atoms with E-state index in [1.54, 1.807) is 25.2 Å². The number of allylic oxidation sites excluding steroid dienone is 2. The first kappa shape index (κ1) is 45.3. The zero-order valence-electron chi connectivity index (χ0n) is 31.6. The van der Waals surface area contributed by atoms with E-state index >= 15 is 4.39 Å². The zero-order valence-corrected chi connectivity index (χ0v) is 34.1. The summed E-state index contributed by atoms with van der Waals surface area (Å²) in [5.74, 6) is -3.36. The maximum Gasteiger partial charge on any atom is 0.475 e. The van der Waals surface area contributed by atoms with Crippen molar-refractivity contribution in [3.05, 3.63) is 161 Å². The molecule has 310 valence electrons. The van der Waals surface area contributed by atoms with Gasteiger partial charge in [-0.1, -0.05) is 54.1 Å². The standard InChI is InChI=1S/C41H39ClF3N4O8PS/c1-4-17-54-58(51,55-18-5-2)56-24-34-33(10-8-11-36(34)42)40(50)57-41(25-49-27-47-26-48-49,35-16-15-31(43)20-38(35)45)28(3)59-32-22-52-39(53-23-32)12-7-6-9-30-14-13-29(21-46)19-37(30)44/h4-16,19-20,26-28,32,39H,1-2,17-18,22-25H2,3H3. The second-order valence-corrected chi connectivity index (χ2v) is 16.4. The largest absolute Gasteiger partial charge is 0.475 e. The molecule has 1 aliphatic heterocycles. The molecule has 0 bridgehead atoms. The Morgan fingerprint density at radius 1 is 1.08 bits per heavy atom. The quantitative estimate of drug-likeness (QED) is 0.0362. The molecule has 0 amide bonds. The first-order chi connectivity index (χ1) is 28.4. The van der Waals surface area contributed by atoms with Gasteiger partial charge in [-0.3, -0.25) is 13.6 Å². The summed E-state index contributed by atoms with van der Waals surface area (Å²) in [6, 6.07) is 13.4. The van der Waals surface area contributed by atoms with E-state index in [0.29, 0.717) is 11.6 Å². The Morgan fingerprint density at radius 2 is 1.83 bits per heavy atom. The molecular formula is C41H39ClF3N4O8PS. The van der Waals surface area contributed by atoms with E-state index in [1.807, 2.05) is 6.07 Å². The predicted octanol–water partition coefficient (Wildman–Crippen LogP) is 9.14. The Kier molecular flexibility index (Phi) is 16.4. The molecule has 12 nitrogen and oxygen atoms in total. The Hall–Kier alpha value is -4.82. The average molecular weight is 871 g/mol. The summed E-state index contributed by atoms with van der Waals surface area (Å²) in [4.78, 5) is 18.4. The molecule has 1 fully saturated rings. The molecule has 5 rings (SSSR count). The van der Waals surface area contributed by atoms with Crippen molar-refractivity contribution in [1.29, 1.82) is 5.26 Å². The summed E-state index contributed by atoms with van der Waals surface area (Å²) in [5, 5.41) is 12.0. The van der Waals surface area contributed by atoms with Gasteiger partial charge in [-0.25, -0.2) is 32.2 Å². The molecule has 59 heavy (non-hydrogen) atoms. The number of hydrogen-bond donors (Lipinski definition) is 0. The van der Waals surface area contributed by atoms with Crippen LogP contribution >= 0.6 is 31.2 Å². The van der Waals surface area contributed by atoms with Gasteiger partial charge in [-0.2, -0.15) is 10.4 Å². The summed E-state index contributed by atoms with van der Waals surface area (Å²) in [7, 11) is -4.21. The van der Waals surface area contributed by atoms with E-state index in [0.717, 1.165) is 12.1 Å². The number of benzene rings is 3. The van der Waals surface area contributed by atoms with Crippen molar-refractivity contribution in [1.82, 2.24) is 14.8 Å². The van der Waals surface area contributed by atoms with Crippen molar-refractivity contribution in [2.24, 2.45) is 0 Å². The molecule has 1 saturated heterocycles. The van der Waals surface area contributed by atoms with Crippen LogP contribution in [0.25, 0.3) is 6.08 Å². The number of aromatic nitrogens is 3. The van der Waals surface area contributed by atoms with Gasteiger partial charge in [0.15, 0.2) is 11.9 Å². The number of nitriles is 1. The molecule has 0 radical (unpaired) electrons. The first-order valence-corrected chi connectivity index (χ1v) is 20.7. The molecular weight excluding hydrogens is 832 g/mol. The maximum atomic E-state index is 16.0. The predicted molar refractivity (Wildman–Crippen MR) is 215 cm³/mol. The van der Waals surface area contributed by atoms with Crippen LogP contribution in [0.5, 0.6) is 0 Å². The fraction of sp³-hybridized carbons (Fsp3) is 0.268. The van der Waals surface area contributed by atoms with Crippen LogP contribution in [0.3, 0.4) is 0 Å². The molecule has 18 heteroatoms. The zero-order chi connectivity index (χ0) is 42.4. The molecule has 0 aliphatic carbocycles. The van der Waals surface area contributed by atoms with E-state index in [4.69, 9.17) is 44.6 Å². The fourth-order valence-corrected chi connectivity index (χ4v) is 8.46. The number of hydrogen-bond acceptors (Lipinski definition) is 12. The molecule has 1 aliphatic rings. The van der Waals surface area contributed by atoms with Gasteiger partial charge in [-0.05, 0) is 49.4 Å². The summed E-state index contributed by atoms with van der Waals surface area (Å²) in [5.41, 5.74) is -1.61. The van der Waals surface area contributed by atoms with Gasteiger partial charge >= 0.3 is 13.8 Å². The topological polar surface area (TPSA) is 144 Å². The number of nitrogens with zero attached hydrogens (tertiary/aromatic N) is 4. The number of halogens is 4. The lowest BCUT2D eigenvalue weighted by atomic mass is 9.89. The third kappa shape index (κ3) is 12.1. The molecule has 4 aromatic rings. The summed E-state index contributed by atoms with van der Waals surface area (Å²) in [6.45, 7) is 7.96. The van der Waals surface area contributed by atoms with Crippen LogP contribution in [0.1, 0.15) is 39.5 Å². The van der Waals surface area contributed by atoms with Crippen molar-refractivity contribution in [2.75, 3.05) is 26.4 Å². The number of rotatable bonds is 20. The van der Waals surface area contributed by atoms with Gasteiger partial charge in [0.05, 0.1) is 62.0 Å². The monoisotopic (exact) mass is 870 g/mol. The second-order valence-electron chi connectivity index (χ2n) is 12.7. The van der Waals surface area contributed by atoms with Gasteiger partial charge in [0, 0.05) is 33.0 Å². The smallest absolute Gasteiger partial charge is 0.447 e. The van der Waals surface area contributed by atoms with Crippen molar-refractivity contribution >= 4 is 43.2 Å². The molecule has 0 saturated carbocycles. The third-order valence-corrected chi connectivity index (χ3v) is 11.8. The van der Waals surface area contributed by atoms with E-state index in [1.165, 1.54) is 83.7 Å². The van der Waals surface area contributed by atoms with Crippen LogP contribution in [-0.4, -0.2) is 64.0 Å². The lowest BCUT2D eigenvalue weighted by Gasteiger charge is -2.40. The second kappa shape index (κ2) is 21.4. The molecule has 2 unspecified atom stereocenters. The van der Waals surface area contributed by atoms with Crippen molar-refractivity contribution < 1.29 is 50.3 Å². The summed E-state index contributed by atoms with van der Waals surface area (Å²) in [6.07, 6.45) is 11.0. The fourth-order valence-electron chi connectivity index (χ4n) is 5.79. The lowest BCUT2D eigenvalue weighted by Crippen LogP contribution is -2.47. The summed E-state index contributed by atoms with van der Waals surface area (Å²) < 4.78 is 93.7. The third-order valence-electron chi connectivity index (χ3n) is 8.66. The van der Waals surface area contributed by atoms with E-state index in [2.05, 4.69) is 23.2 Å². The first-order valence-electron chi connectivity index (χ1n) is 17.9. The number of ether oxygens (including phenoxy) is 3. The molecule has 0 N–H and O–H groups in total. The number of esters is 1. The van der Waals surface area contributed by atoms with Crippen LogP contribution in [-0.2, 0) is 51.1 Å². The van der Waals surface area contributed by atoms with Crippen molar-refractivity contribution in [3.8, 4) is 6.07 Å². The minimum Gasteiger partial charge on any atom is -0.447 e. The summed E-state index contributed by atoms with van der Waals surface area (Å²) >= 11 is 7.84. The van der Waals surface area contributed by atoms with Crippen molar-refractivity contribution in [2.45, 2.75) is 42.5 Å². The highest BCUT2D eigenvalue weighted by Crippen LogP contribution is 2.51. The van der Waals surface area contributed by atoms with Gasteiger partial charge < -0.3 is 14.2 Å². The number of phosphoric acid groups is 1. The Morgan fingerprint density at radius 3 is 2.47 bits per heavy atom. The molecule has 2 atom stereocenters. The van der Waals surface area contributed by atoms with E-state index in [9.17, 15) is 18.1 Å². The highest BCUT2D eigenvalue weighted by Gasteiger charge is 2.47. The minimum atomic E-state index is -4.21. The maximum absolute atomic E-state index is 16.0. The van der Waals surface area contributed by atoms with Crippen LogP contribution in [0, 0.1) is 28.8 Å². The van der Waals surface area contributed by atoms with Crippen LogP contribution in [0.2, 0.25) is 5.02 Å².